The molecular weight excluding hydrogens is 306 g/mol. The van der Waals surface area contributed by atoms with Gasteiger partial charge in [0.25, 0.3) is 5.91 Å². The van der Waals surface area contributed by atoms with Gasteiger partial charge in [-0.15, -0.1) is 0 Å². The number of benzene rings is 1. The Morgan fingerprint density at radius 3 is 2.92 bits per heavy atom. The molecule has 1 N–H and O–H groups in total. The largest absolute Gasteiger partial charge is 0.497 e. The zero-order chi connectivity index (χ0) is 17.3. The molecule has 2 aromatic rings. The Hall–Kier alpha value is -2.05. The van der Waals surface area contributed by atoms with Crippen molar-refractivity contribution >= 4 is 16.8 Å². The van der Waals surface area contributed by atoms with Crippen LogP contribution in [0.3, 0.4) is 0 Å². The van der Waals surface area contributed by atoms with Gasteiger partial charge in [0.1, 0.15) is 5.75 Å². The number of amides is 1. The highest BCUT2D eigenvalue weighted by Gasteiger charge is 2.40. The predicted molar refractivity (Wildman–Crippen MR) is 93.2 cm³/mol. The molecule has 0 radical (unpaired) electrons. The Balaban J connectivity index is 1.74. The van der Waals surface area contributed by atoms with E-state index in [1.807, 2.05) is 25.1 Å². The zero-order valence-corrected chi connectivity index (χ0v) is 14.8. The Kier molecular flexibility index (Phi) is 4.51. The lowest BCUT2D eigenvalue weighted by Gasteiger charge is -2.40. The first-order chi connectivity index (χ1) is 11.4. The number of nitrogens with zero attached hydrogens (tertiary/aromatic N) is 2. The van der Waals surface area contributed by atoms with Gasteiger partial charge in [-0.1, -0.05) is 0 Å². The average Bonchev–Trinajstić information content (AvgIpc) is 2.95. The number of fused-ring (bicyclic) bond motifs is 1. The van der Waals surface area contributed by atoms with Gasteiger partial charge in [-0.3, -0.25) is 9.69 Å². The third-order valence-electron chi connectivity index (χ3n) is 4.49. The van der Waals surface area contributed by atoms with Crippen LogP contribution in [0.1, 0.15) is 12.6 Å². The molecule has 0 saturated carbocycles. The van der Waals surface area contributed by atoms with Crippen molar-refractivity contribution in [3.05, 3.63) is 30.0 Å². The van der Waals surface area contributed by atoms with Crippen LogP contribution >= 0.6 is 0 Å². The van der Waals surface area contributed by atoms with Crippen LogP contribution in [-0.2, 0) is 16.1 Å². The maximum atomic E-state index is 12.4. The number of aromatic amines is 1. The number of rotatable bonds is 4. The number of hydrogen-bond donors (Lipinski definition) is 1. The van der Waals surface area contributed by atoms with Crippen molar-refractivity contribution in [2.24, 2.45) is 0 Å². The maximum Gasteiger partial charge on any atom is 0.255 e. The quantitative estimate of drug-likeness (QED) is 0.929. The Bertz CT molecular complexity index is 740. The highest BCUT2D eigenvalue weighted by atomic mass is 16.5. The summed E-state index contributed by atoms with van der Waals surface area (Å²) >= 11 is 0. The van der Waals surface area contributed by atoms with E-state index in [1.165, 1.54) is 0 Å². The maximum absolute atomic E-state index is 12.4. The van der Waals surface area contributed by atoms with E-state index in [1.54, 1.807) is 26.1 Å². The summed E-state index contributed by atoms with van der Waals surface area (Å²) in [6.07, 6.45) is 0. The van der Waals surface area contributed by atoms with Crippen LogP contribution in [0.2, 0.25) is 0 Å². The molecule has 1 aliphatic rings. The standard InChI is InChI=1S/C18H25N3O3/c1-18(17(22)20(2)3)12-21(7-8-24-18)11-14-9-13-10-15(23-4)5-6-16(13)19-14/h5-6,9-10,19H,7-8,11-12H2,1-4H3/t18-/m0/s1. The highest BCUT2D eigenvalue weighted by Crippen LogP contribution is 2.24. The van der Waals surface area contributed by atoms with E-state index in [0.29, 0.717) is 13.2 Å². The predicted octanol–water partition coefficient (Wildman–Crippen LogP) is 1.86. The fourth-order valence-electron chi connectivity index (χ4n) is 3.31. The van der Waals surface area contributed by atoms with E-state index in [-0.39, 0.29) is 5.91 Å². The van der Waals surface area contributed by atoms with Gasteiger partial charge in [0, 0.05) is 50.3 Å². The molecule has 6 nitrogen and oxygen atoms in total. The molecule has 0 aliphatic carbocycles. The summed E-state index contributed by atoms with van der Waals surface area (Å²) in [6, 6.07) is 8.13. The van der Waals surface area contributed by atoms with Gasteiger partial charge in [-0.2, -0.15) is 0 Å². The van der Waals surface area contributed by atoms with Crippen LogP contribution < -0.4 is 4.74 Å². The molecule has 0 bridgehead atoms. The fourth-order valence-corrected chi connectivity index (χ4v) is 3.31. The van der Waals surface area contributed by atoms with Crippen LogP contribution in [0, 0.1) is 0 Å². The first-order valence-electron chi connectivity index (χ1n) is 8.15. The van der Waals surface area contributed by atoms with E-state index in [9.17, 15) is 4.79 Å². The molecule has 1 saturated heterocycles. The number of ether oxygens (including phenoxy) is 2. The molecular formula is C18H25N3O3. The van der Waals surface area contributed by atoms with Crippen molar-refractivity contribution in [2.75, 3.05) is 40.9 Å². The molecule has 1 aromatic carbocycles. The number of H-pyrrole nitrogens is 1. The lowest BCUT2D eigenvalue weighted by molar-refractivity contribution is -0.165. The summed E-state index contributed by atoms with van der Waals surface area (Å²) in [7, 11) is 5.20. The van der Waals surface area contributed by atoms with E-state index in [0.717, 1.165) is 35.4 Å². The molecule has 1 aromatic heterocycles. The first-order valence-corrected chi connectivity index (χ1v) is 8.15. The third-order valence-corrected chi connectivity index (χ3v) is 4.49. The number of likely N-dealkylation sites (N-methyl/N-ethyl adjacent to an activating group) is 1. The van der Waals surface area contributed by atoms with Crippen molar-refractivity contribution in [1.29, 1.82) is 0 Å². The number of hydrogen-bond acceptors (Lipinski definition) is 4. The molecule has 6 heteroatoms. The molecule has 1 atom stereocenters. The third kappa shape index (κ3) is 3.25. The number of carbonyl (C=O) groups excluding carboxylic acids is 1. The summed E-state index contributed by atoms with van der Waals surface area (Å²) in [5, 5.41) is 1.13. The smallest absolute Gasteiger partial charge is 0.255 e. The van der Waals surface area contributed by atoms with Crippen LogP contribution in [0.5, 0.6) is 5.75 Å². The van der Waals surface area contributed by atoms with Crippen molar-refractivity contribution in [3.63, 3.8) is 0 Å². The van der Waals surface area contributed by atoms with Crippen LogP contribution in [0.15, 0.2) is 24.3 Å². The van der Waals surface area contributed by atoms with Gasteiger partial charge in [-0.25, -0.2) is 0 Å². The minimum absolute atomic E-state index is 0.00795. The minimum Gasteiger partial charge on any atom is -0.497 e. The monoisotopic (exact) mass is 331 g/mol. The highest BCUT2D eigenvalue weighted by molar-refractivity contribution is 5.85. The first kappa shape index (κ1) is 16.8. The van der Waals surface area contributed by atoms with Crippen molar-refractivity contribution < 1.29 is 14.3 Å². The van der Waals surface area contributed by atoms with Crippen molar-refractivity contribution in [1.82, 2.24) is 14.8 Å². The Labute approximate surface area is 142 Å². The Morgan fingerprint density at radius 1 is 1.42 bits per heavy atom. The summed E-state index contributed by atoms with van der Waals surface area (Å²) in [6.45, 7) is 4.59. The van der Waals surface area contributed by atoms with E-state index < -0.39 is 5.60 Å². The SMILES string of the molecule is COc1ccc2[nH]c(CN3CCO[C@](C)(C(=O)N(C)C)C3)cc2c1. The van der Waals surface area contributed by atoms with E-state index in [2.05, 4.69) is 16.0 Å². The van der Waals surface area contributed by atoms with Gasteiger partial charge in [0.15, 0.2) is 5.60 Å². The molecule has 1 amide bonds. The molecule has 130 valence electrons. The van der Waals surface area contributed by atoms with Gasteiger partial charge in [-0.05, 0) is 31.2 Å². The lowest BCUT2D eigenvalue weighted by atomic mass is 10.0. The average molecular weight is 331 g/mol. The summed E-state index contributed by atoms with van der Waals surface area (Å²) < 4.78 is 11.1. The fraction of sp³-hybridized carbons (Fsp3) is 0.500. The normalized spacial score (nSPS) is 21.8. The second-order valence-corrected chi connectivity index (χ2v) is 6.74. The van der Waals surface area contributed by atoms with Gasteiger partial charge in [0.05, 0.1) is 13.7 Å². The topological polar surface area (TPSA) is 57.8 Å². The van der Waals surface area contributed by atoms with Gasteiger partial charge >= 0.3 is 0 Å². The second-order valence-electron chi connectivity index (χ2n) is 6.74. The van der Waals surface area contributed by atoms with E-state index >= 15 is 0 Å². The summed E-state index contributed by atoms with van der Waals surface area (Å²) in [4.78, 5) is 19.7. The molecule has 0 spiro atoms. The van der Waals surface area contributed by atoms with Crippen molar-refractivity contribution in [2.45, 2.75) is 19.1 Å². The second kappa shape index (κ2) is 6.45. The number of methoxy groups -OCH3 is 1. The molecule has 1 aliphatic heterocycles. The van der Waals surface area contributed by atoms with Crippen molar-refractivity contribution in [3.8, 4) is 5.75 Å². The van der Waals surface area contributed by atoms with Crippen LogP contribution in [0.25, 0.3) is 10.9 Å². The number of aromatic nitrogens is 1. The van der Waals surface area contributed by atoms with Gasteiger partial charge in [0.2, 0.25) is 0 Å². The Morgan fingerprint density at radius 2 is 2.21 bits per heavy atom. The van der Waals surface area contributed by atoms with Crippen LogP contribution in [0.4, 0.5) is 0 Å². The molecule has 0 unspecified atom stereocenters. The summed E-state index contributed by atoms with van der Waals surface area (Å²) in [5.41, 5.74) is 1.43. The molecule has 2 heterocycles. The summed E-state index contributed by atoms with van der Waals surface area (Å²) in [5.74, 6) is 0.858. The molecule has 3 rings (SSSR count). The van der Waals surface area contributed by atoms with Crippen LogP contribution in [-0.4, -0.2) is 67.2 Å². The number of carbonyl (C=O) groups is 1. The number of nitrogens with one attached hydrogen (secondary N) is 1. The zero-order valence-electron chi connectivity index (χ0n) is 14.8. The van der Waals surface area contributed by atoms with Gasteiger partial charge < -0.3 is 19.4 Å². The molecule has 24 heavy (non-hydrogen) atoms. The van der Waals surface area contributed by atoms with E-state index in [4.69, 9.17) is 9.47 Å². The number of morpholine rings is 1. The molecule has 1 fully saturated rings. The lowest BCUT2D eigenvalue weighted by Crippen LogP contribution is -2.57. The minimum atomic E-state index is -0.781.